The van der Waals surface area contributed by atoms with E-state index in [0.717, 1.165) is 11.3 Å². The second kappa shape index (κ2) is 6.53. The summed E-state index contributed by atoms with van der Waals surface area (Å²) < 4.78 is 5.05. The minimum atomic E-state index is -1.28. The van der Waals surface area contributed by atoms with Crippen LogP contribution in [0.5, 0.6) is 5.75 Å². The molecular formula is C16H13NO5. The monoisotopic (exact) mass is 299 g/mol. The molecule has 0 unspecified atom stereocenters. The van der Waals surface area contributed by atoms with Gasteiger partial charge in [0.15, 0.2) is 0 Å². The highest BCUT2D eigenvalue weighted by molar-refractivity contribution is 5.91. The van der Waals surface area contributed by atoms with E-state index in [2.05, 4.69) is 4.98 Å². The number of pyridine rings is 1. The Kier molecular flexibility index (Phi) is 4.53. The molecule has 2 rings (SSSR count). The van der Waals surface area contributed by atoms with Crippen molar-refractivity contribution >= 4 is 24.1 Å². The zero-order valence-electron chi connectivity index (χ0n) is 11.7. The molecule has 0 radical (unpaired) electrons. The maximum absolute atomic E-state index is 11.0. The molecule has 0 aliphatic heterocycles. The number of carbonyl (C=O) groups is 2. The first-order valence-electron chi connectivity index (χ1n) is 6.30. The van der Waals surface area contributed by atoms with E-state index in [9.17, 15) is 9.59 Å². The van der Waals surface area contributed by atoms with Crippen molar-refractivity contribution in [2.75, 3.05) is 7.11 Å². The Hall–Kier alpha value is -3.15. The number of aromatic carboxylic acids is 2. The van der Waals surface area contributed by atoms with Gasteiger partial charge in [0.05, 0.1) is 7.11 Å². The van der Waals surface area contributed by atoms with Gasteiger partial charge in [-0.2, -0.15) is 0 Å². The van der Waals surface area contributed by atoms with Crippen molar-refractivity contribution in [3.05, 3.63) is 58.9 Å². The van der Waals surface area contributed by atoms with Crippen LogP contribution in [-0.2, 0) is 0 Å². The van der Waals surface area contributed by atoms with Gasteiger partial charge < -0.3 is 14.9 Å². The highest BCUT2D eigenvalue weighted by atomic mass is 16.5. The highest BCUT2D eigenvalue weighted by Crippen LogP contribution is 2.15. The maximum Gasteiger partial charge on any atom is 0.354 e. The number of carboxylic acids is 2. The molecule has 2 N–H and O–H groups in total. The maximum atomic E-state index is 11.0. The minimum Gasteiger partial charge on any atom is -0.497 e. The molecule has 0 atom stereocenters. The molecule has 0 saturated heterocycles. The number of rotatable bonds is 5. The molecule has 2 aromatic rings. The Morgan fingerprint density at radius 3 is 1.91 bits per heavy atom. The first-order valence-corrected chi connectivity index (χ1v) is 6.30. The SMILES string of the molecule is COc1ccc(C=Cc2cc(C(=O)O)nc(C(=O)O)c2)cc1. The summed E-state index contributed by atoms with van der Waals surface area (Å²) in [6, 6.07) is 9.86. The lowest BCUT2D eigenvalue weighted by molar-refractivity contribution is 0.0685. The molecule has 0 saturated carbocycles. The third-order valence-electron chi connectivity index (χ3n) is 2.87. The third-order valence-corrected chi connectivity index (χ3v) is 2.87. The minimum absolute atomic E-state index is 0.311. The van der Waals surface area contributed by atoms with Crippen LogP contribution in [-0.4, -0.2) is 34.2 Å². The fourth-order valence-electron chi connectivity index (χ4n) is 1.77. The van der Waals surface area contributed by atoms with E-state index < -0.39 is 11.9 Å². The third kappa shape index (κ3) is 3.69. The van der Waals surface area contributed by atoms with Crippen molar-refractivity contribution in [2.24, 2.45) is 0 Å². The van der Waals surface area contributed by atoms with Gasteiger partial charge in [-0.15, -0.1) is 0 Å². The van der Waals surface area contributed by atoms with Crippen LogP contribution in [0, 0.1) is 0 Å². The summed E-state index contributed by atoms with van der Waals surface area (Å²) >= 11 is 0. The van der Waals surface area contributed by atoms with Crippen molar-refractivity contribution < 1.29 is 24.5 Å². The molecule has 1 heterocycles. The summed E-state index contributed by atoms with van der Waals surface area (Å²) in [4.78, 5) is 25.5. The lowest BCUT2D eigenvalue weighted by Crippen LogP contribution is -2.07. The lowest BCUT2D eigenvalue weighted by Gasteiger charge is -2.01. The lowest BCUT2D eigenvalue weighted by atomic mass is 10.1. The van der Waals surface area contributed by atoms with E-state index in [-0.39, 0.29) is 11.4 Å². The number of aromatic nitrogens is 1. The van der Waals surface area contributed by atoms with Crippen LogP contribution in [0.4, 0.5) is 0 Å². The molecule has 0 fully saturated rings. The summed E-state index contributed by atoms with van der Waals surface area (Å²) in [5.74, 6) is -1.83. The Bertz CT molecular complexity index is 702. The first-order chi connectivity index (χ1) is 10.5. The Labute approximate surface area is 126 Å². The first kappa shape index (κ1) is 15.2. The fraction of sp³-hybridized carbons (Fsp3) is 0.0625. The highest BCUT2D eigenvalue weighted by Gasteiger charge is 2.12. The number of ether oxygens (including phenoxy) is 1. The topological polar surface area (TPSA) is 96.7 Å². The van der Waals surface area contributed by atoms with E-state index in [4.69, 9.17) is 14.9 Å². The molecule has 22 heavy (non-hydrogen) atoms. The number of nitrogens with zero attached hydrogens (tertiary/aromatic N) is 1. The Morgan fingerprint density at radius 1 is 0.955 bits per heavy atom. The van der Waals surface area contributed by atoms with Gasteiger partial charge in [-0.05, 0) is 35.4 Å². The van der Waals surface area contributed by atoms with Crippen LogP contribution in [0.15, 0.2) is 36.4 Å². The smallest absolute Gasteiger partial charge is 0.354 e. The van der Waals surface area contributed by atoms with Gasteiger partial charge in [0.25, 0.3) is 0 Å². The van der Waals surface area contributed by atoms with Gasteiger partial charge >= 0.3 is 11.9 Å². The normalized spacial score (nSPS) is 10.6. The number of hydrogen-bond donors (Lipinski definition) is 2. The molecular weight excluding hydrogens is 286 g/mol. The number of methoxy groups -OCH3 is 1. The summed E-state index contributed by atoms with van der Waals surface area (Å²) in [5.41, 5.74) is 0.690. The number of benzene rings is 1. The van der Waals surface area contributed by atoms with Crippen LogP contribution in [0.25, 0.3) is 12.2 Å². The van der Waals surface area contributed by atoms with Gasteiger partial charge in [0.2, 0.25) is 0 Å². The number of carboxylic acid groups (broad SMARTS) is 2. The van der Waals surface area contributed by atoms with Gasteiger partial charge in [0, 0.05) is 0 Å². The van der Waals surface area contributed by atoms with E-state index in [1.807, 2.05) is 12.1 Å². The Balaban J connectivity index is 2.32. The predicted octanol–water partition coefficient (Wildman–Crippen LogP) is 2.66. The summed E-state index contributed by atoms with van der Waals surface area (Å²) in [7, 11) is 1.57. The van der Waals surface area contributed by atoms with Crippen LogP contribution in [0.1, 0.15) is 32.1 Å². The second-order valence-electron chi connectivity index (χ2n) is 4.39. The summed E-state index contributed by atoms with van der Waals surface area (Å²) in [6.07, 6.45) is 3.37. The van der Waals surface area contributed by atoms with Crippen molar-refractivity contribution in [1.29, 1.82) is 0 Å². The molecule has 1 aromatic heterocycles. The summed E-state index contributed by atoms with van der Waals surface area (Å²) in [6.45, 7) is 0. The largest absolute Gasteiger partial charge is 0.497 e. The van der Waals surface area contributed by atoms with Gasteiger partial charge in [-0.1, -0.05) is 24.3 Å². The standard InChI is InChI=1S/C16H13NO5/c1-22-12-6-4-10(5-7-12)2-3-11-8-13(15(18)19)17-14(9-11)16(20)21/h2-9H,1H3,(H,18,19)(H,20,21). The molecule has 112 valence electrons. The van der Waals surface area contributed by atoms with Crippen molar-refractivity contribution in [1.82, 2.24) is 4.98 Å². The molecule has 6 nitrogen and oxygen atoms in total. The molecule has 1 aromatic carbocycles. The predicted molar refractivity (Wildman–Crippen MR) is 80.1 cm³/mol. The van der Waals surface area contributed by atoms with Crippen LogP contribution >= 0.6 is 0 Å². The molecule has 0 spiro atoms. The molecule has 6 heteroatoms. The van der Waals surface area contributed by atoms with E-state index in [1.54, 1.807) is 31.4 Å². The van der Waals surface area contributed by atoms with Gasteiger partial charge in [0.1, 0.15) is 17.1 Å². The van der Waals surface area contributed by atoms with Crippen LogP contribution < -0.4 is 4.74 Å². The van der Waals surface area contributed by atoms with Crippen LogP contribution in [0.2, 0.25) is 0 Å². The Morgan fingerprint density at radius 2 is 1.45 bits per heavy atom. The fourth-order valence-corrected chi connectivity index (χ4v) is 1.77. The zero-order valence-corrected chi connectivity index (χ0v) is 11.7. The molecule has 0 bridgehead atoms. The van der Waals surface area contributed by atoms with Gasteiger partial charge in [-0.3, -0.25) is 0 Å². The molecule has 0 aliphatic rings. The van der Waals surface area contributed by atoms with Crippen molar-refractivity contribution in [2.45, 2.75) is 0 Å². The van der Waals surface area contributed by atoms with Crippen molar-refractivity contribution in [3.8, 4) is 5.75 Å². The second-order valence-corrected chi connectivity index (χ2v) is 4.39. The summed E-state index contributed by atoms with van der Waals surface area (Å²) in [5, 5.41) is 17.9. The van der Waals surface area contributed by atoms with Gasteiger partial charge in [-0.25, -0.2) is 14.6 Å². The van der Waals surface area contributed by atoms with E-state index >= 15 is 0 Å². The van der Waals surface area contributed by atoms with E-state index in [0.29, 0.717) is 5.56 Å². The average Bonchev–Trinajstić information content (AvgIpc) is 2.53. The average molecular weight is 299 g/mol. The quantitative estimate of drug-likeness (QED) is 0.881. The van der Waals surface area contributed by atoms with E-state index in [1.165, 1.54) is 12.1 Å². The van der Waals surface area contributed by atoms with Crippen molar-refractivity contribution in [3.63, 3.8) is 0 Å². The van der Waals surface area contributed by atoms with Crippen LogP contribution in [0.3, 0.4) is 0 Å². The zero-order chi connectivity index (χ0) is 16.1. The number of hydrogen-bond acceptors (Lipinski definition) is 4. The molecule has 0 amide bonds. The molecule has 0 aliphatic carbocycles.